The van der Waals surface area contributed by atoms with E-state index < -0.39 is 44.7 Å². The number of alkyl halides is 3. The van der Waals surface area contributed by atoms with Crippen molar-refractivity contribution >= 4 is 40.4 Å². The molecular weight excluding hydrogens is 423 g/mol. The molecule has 3 N–H and O–H groups in total. The number of amides is 2. The summed E-state index contributed by atoms with van der Waals surface area (Å²) in [5.74, 6) is 0. The highest BCUT2D eigenvalue weighted by Crippen LogP contribution is 2.40. The summed E-state index contributed by atoms with van der Waals surface area (Å²) in [6, 6.07) is 3.72. The highest BCUT2D eigenvalue weighted by Gasteiger charge is 2.37. The third-order valence-electron chi connectivity index (χ3n) is 3.55. The summed E-state index contributed by atoms with van der Waals surface area (Å²) in [5, 5.41) is 24.9. The molecule has 2 aromatic carbocycles. The van der Waals surface area contributed by atoms with Crippen LogP contribution < -0.4 is 16.2 Å². The summed E-state index contributed by atoms with van der Waals surface area (Å²) in [5.41, 5.74) is -0.218. The highest BCUT2D eigenvalue weighted by atomic mass is 35.5. The van der Waals surface area contributed by atoms with Gasteiger partial charge in [-0.15, -0.1) is 0 Å². The lowest BCUT2D eigenvalue weighted by Crippen LogP contribution is -2.34. The van der Waals surface area contributed by atoms with Gasteiger partial charge >= 0.3 is 23.6 Å². The lowest BCUT2D eigenvalue weighted by molar-refractivity contribution is -0.392. The van der Waals surface area contributed by atoms with Gasteiger partial charge in [-0.3, -0.25) is 31.1 Å². The van der Waals surface area contributed by atoms with Gasteiger partial charge in [-0.25, -0.2) is 4.79 Å². The van der Waals surface area contributed by atoms with E-state index in [1.807, 2.05) is 10.9 Å². The molecule has 0 radical (unpaired) electrons. The van der Waals surface area contributed by atoms with Gasteiger partial charge in [-0.05, 0) is 24.6 Å². The number of carbonyl (C=O) groups excluding carboxylic acids is 1. The Morgan fingerprint density at radius 2 is 1.62 bits per heavy atom. The van der Waals surface area contributed by atoms with Gasteiger partial charge in [0.1, 0.15) is 0 Å². The van der Waals surface area contributed by atoms with Gasteiger partial charge in [0.05, 0.1) is 15.4 Å². The van der Waals surface area contributed by atoms with Gasteiger partial charge < -0.3 is 5.32 Å². The summed E-state index contributed by atoms with van der Waals surface area (Å²) in [6.45, 7) is 1.72. The second-order valence-corrected chi connectivity index (χ2v) is 5.98. The van der Waals surface area contributed by atoms with Crippen LogP contribution in [0.1, 0.15) is 11.1 Å². The first kappa shape index (κ1) is 21.7. The fraction of sp³-hybridized carbons (Fsp3) is 0.133. The molecular formula is C15H11ClF3N5O5. The Balaban J connectivity index is 2.30. The zero-order valence-corrected chi connectivity index (χ0v) is 15.1. The van der Waals surface area contributed by atoms with Gasteiger partial charge in [-0.2, -0.15) is 13.2 Å². The predicted octanol–water partition coefficient (Wildman–Crippen LogP) is 4.63. The van der Waals surface area contributed by atoms with E-state index in [1.54, 1.807) is 13.0 Å². The van der Waals surface area contributed by atoms with Gasteiger partial charge in [0.25, 0.3) is 0 Å². The molecule has 154 valence electrons. The van der Waals surface area contributed by atoms with E-state index >= 15 is 0 Å². The van der Waals surface area contributed by atoms with Crippen molar-refractivity contribution in [1.29, 1.82) is 0 Å². The number of hydrogen-bond donors (Lipinski definition) is 3. The van der Waals surface area contributed by atoms with Crippen molar-refractivity contribution in [1.82, 2.24) is 5.43 Å². The quantitative estimate of drug-likeness (QED) is 0.464. The van der Waals surface area contributed by atoms with Crippen LogP contribution in [0, 0.1) is 27.2 Å². The van der Waals surface area contributed by atoms with Gasteiger partial charge in [0, 0.05) is 22.8 Å². The summed E-state index contributed by atoms with van der Waals surface area (Å²) >= 11 is 5.90. The van der Waals surface area contributed by atoms with Gasteiger partial charge in [0.2, 0.25) is 5.69 Å². The minimum atomic E-state index is -5.05. The van der Waals surface area contributed by atoms with E-state index in [9.17, 15) is 38.2 Å². The molecule has 0 bridgehead atoms. The number of aryl methyl sites for hydroxylation is 1. The number of nitrogens with one attached hydrogen (secondary N) is 3. The largest absolute Gasteiger partial charge is 0.416 e. The van der Waals surface area contributed by atoms with Crippen LogP contribution in [0.3, 0.4) is 0 Å². The topological polar surface area (TPSA) is 139 Å². The molecule has 2 aromatic rings. The fourth-order valence-electron chi connectivity index (χ4n) is 2.14. The highest BCUT2D eigenvalue weighted by molar-refractivity contribution is 6.31. The Labute approximate surface area is 164 Å². The Bertz CT molecular complexity index is 964. The molecule has 2 amide bonds. The minimum absolute atomic E-state index is 0.120. The number of nitrogens with zero attached hydrogens (tertiary/aromatic N) is 2. The second kappa shape index (κ2) is 8.18. The van der Waals surface area contributed by atoms with Crippen LogP contribution in [0.2, 0.25) is 5.02 Å². The van der Waals surface area contributed by atoms with Crippen LogP contribution in [0.15, 0.2) is 30.3 Å². The maximum Gasteiger partial charge on any atom is 0.416 e. The van der Waals surface area contributed by atoms with Gasteiger partial charge in [-0.1, -0.05) is 17.7 Å². The van der Waals surface area contributed by atoms with Crippen molar-refractivity contribution in [2.45, 2.75) is 13.1 Å². The van der Waals surface area contributed by atoms with Crippen molar-refractivity contribution in [2.24, 2.45) is 0 Å². The average molecular weight is 434 g/mol. The maximum absolute atomic E-state index is 12.9. The summed E-state index contributed by atoms with van der Waals surface area (Å²) in [4.78, 5) is 31.7. The maximum atomic E-state index is 12.9. The number of anilines is 2. The lowest BCUT2D eigenvalue weighted by Gasteiger charge is -2.13. The fourth-order valence-corrected chi connectivity index (χ4v) is 2.32. The first-order valence-electron chi connectivity index (χ1n) is 7.53. The van der Waals surface area contributed by atoms with Crippen molar-refractivity contribution in [3.05, 3.63) is 66.7 Å². The molecule has 10 nitrogen and oxygen atoms in total. The normalized spacial score (nSPS) is 10.9. The molecule has 0 saturated carbocycles. The zero-order valence-electron chi connectivity index (χ0n) is 14.3. The Morgan fingerprint density at radius 3 is 2.07 bits per heavy atom. The van der Waals surface area contributed by atoms with E-state index in [0.717, 1.165) is 5.56 Å². The molecule has 0 aliphatic rings. The SMILES string of the molecule is Cc1ccc(NC(=O)NNc2c([N+](=O)[O-])cc(C(F)(F)F)cc2[N+](=O)[O-])cc1Cl. The number of hydrazine groups is 1. The van der Waals surface area contributed by atoms with Crippen LogP contribution in [0.25, 0.3) is 0 Å². The number of hydrogen-bond acceptors (Lipinski definition) is 6. The smallest absolute Gasteiger partial charge is 0.307 e. The summed E-state index contributed by atoms with van der Waals surface area (Å²) in [7, 11) is 0. The van der Waals surface area contributed by atoms with Crippen LogP contribution in [-0.2, 0) is 6.18 Å². The van der Waals surface area contributed by atoms with E-state index in [2.05, 4.69) is 5.32 Å². The standard InChI is InChI=1S/C15H11ClF3N5O5/c1-7-2-3-9(6-10(7)16)20-14(25)22-21-13-11(23(26)27)4-8(15(17,18)19)5-12(13)24(28)29/h2-6,21H,1H3,(H2,20,22,25). The van der Waals surface area contributed by atoms with Crippen molar-refractivity contribution in [3.8, 4) is 0 Å². The third-order valence-corrected chi connectivity index (χ3v) is 3.96. The van der Waals surface area contributed by atoms with Crippen molar-refractivity contribution in [3.63, 3.8) is 0 Å². The molecule has 0 spiro atoms. The zero-order chi connectivity index (χ0) is 21.9. The number of carbonyl (C=O) groups is 1. The number of urea groups is 1. The molecule has 0 heterocycles. The van der Waals surface area contributed by atoms with E-state index in [1.165, 1.54) is 12.1 Å². The number of rotatable bonds is 5. The van der Waals surface area contributed by atoms with E-state index in [0.29, 0.717) is 5.02 Å². The first-order chi connectivity index (χ1) is 13.4. The second-order valence-electron chi connectivity index (χ2n) is 5.57. The Morgan fingerprint density at radius 1 is 1.07 bits per heavy atom. The Hall–Kier alpha value is -3.61. The number of nitro benzene ring substituents is 2. The molecule has 0 aromatic heterocycles. The molecule has 0 aliphatic heterocycles. The molecule has 14 heteroatoms. The number of nitro groups is 2. The molecule has 2 rings (SSSR count). The molecule has 29 heavy (non-hydrogen) atoms. The molecule has 0 unspecified atom stereocenters. The van der Waals surface area contributed by atoms with Crippen LogP contribution in [0.4, 0.5) is 40.7 Å². The Kier molecular flexibility index (Phi) is 6.12. The molecule has 0 atom stereocenters. The van der Waals surface area contributed by atoms with Crippen molar-refractivity contribution in [2.75, 3.05) is 10.7 Å². The first-order valence-corrected chi connectivity index (χ1v) is 7.91. The van der Waals surface area contributed by atoms with Crippen LogP contribution in [0.5, 0.6) is 0 Å². The predicted molar refractivity (Wildman–Crippen MR) is 96.7 cm³/mol. The summed E-state index contributed by atoms with van der Waals surface area (Å²) < 4.78 is 38.6. The summed E-state index contributed by atoms with van der Waals surface area (Å²) in [6.07, 6.45) is -5.05. The van der Waals surface area contributed by atoms with E-state index in [-0.39, 0.29) is 17.8 Å². The minimum Gasteiger partial charge on any atom is -0.307 e. The molecule has 0 aliphatic carbocycles. The molecule has 0 saturated heterocycles. The monoisotopic (exact) mass is 433 g/mol. The third kappa shape index (κ3) is 5.22. The van der Waals surface area contributed by atoms with Crippen LogP contribution >= 0.6 is 11.6 Å². The lowest BCUT2D eigenvalue weighted by atomic mass is 10.1. The van der Waals surface area contributed by atoms with Crippen LogP contribution in [-0.4, -0.2) is 15.9 Å². The molecule has 0 fully saturated rings. The van der Waals surface area contributed by atoms with Crippen molar-refractivity contribution < 1.29 is 27.8 Å². The van der Waals surface area contributed by atoms with E-state index in [4.69, 9.17) is 11.6 Å². The van der Waals surface area contributed by atoms with Gasteiger partial charge in [0.15, 0.2) is 0 Å². The number of halogens is 4. The average Bonchev–Trinajstić information content (AvgIpc) is 2.61. The number of benzene rings is 2.